The van der Waals surface area contributed by atoms with Crippen molar-refractivity contribution in [1.82, 2.24) is 29.9 Å². The van der Waals surface area contributed by atoms with E-state index in [2.05, 4.69) is 44.2 Å². The number of phenols is 4. The number of nitrogens with zero attached hydrogens (tertiary/aromatic N) is 6. The second-order valence-corrected chi connectivity index (χ2v) is 15.3. The molecule has 0 saturated carbocycles. The summed E-state index contributed by atoms with van der Waals surface area (Å²) in [5.74, 6) is 2.67. The number of rotatable bonds is 6. The third-order valence-corrected chi connectivity index (χ3v) is 10.2. The SMILES string of the molecule is Cc1ccc(-c2nc(-c3ccc(C)cc3C)nc(-c3ccc(O)cc3O)n2)c(C)c1.Cc1ccc(-c2nc(-c3ccc(C)cc3C)nc(-c3ccc(O)cc3O)n2)c(C)c1. The van der Waals surface area contributed by atoms with Crippen molar-refractivity contribution in [2.24, 2.45) is 0 Å². The monoisotopic (exact) mass is 794 g/mol. The molecule has 0 aliphatic heterocycles. The molecule has 2 aromatic heterocycles. The molecule has 10 heteroatoms. The molecule has 2 heterocycles. The first-order chi connectivity index (χ1) is 28.6. The Labute approximate surface area is 349 Å². The molecule has 8 aromatic rings. The maximum Gasteiger partial charge on any atom is 0.167 e. The van der Waals surface area contributed by atoms with Crippen LogP contribution in [0.25, 0.3) is 68.3 Å². The van der Waals surface area contributed by atoms with Crippen LogP contribution in [-0.2, 0) is 0 Å². The van der Waals surface area contributed by atoms with Gasteiger partial charge in [-0.2, -0.15) is 0 Å². The summed E-state index contributed by atoms with van der Waals surface area (Å²) in [6.07, 6.45) is 0. The standard InChI is InChI=1S/2C25H23N3O2/c2*1-14-5-8-19(16(3)11-14)23-26-24(20-9-6-15(2)12-17(20)4)28-25(27-23)21-10-7-18(29)13-22(21)30/h2*5-13,29-30H,1-4H3. The Balaban J connectivity index is 0.000000181. The van der Waals surface area contributed by atoms with Crippen molar-refractivity contribution < 1.29 is 20.4 Å². The lowest BCUT2D eigenvalue weighted by molar-refractivity contribution is 0.450. The molecule has 10 nitrogen and oxygen atoms in total. The highest BCUT2D eigenvalue weighted by Gasteiger charge is 2.19. The third-order valence-electron chi connectivity index (χ3n) is 10.2. The molecule has 0 amide bonds. The summed E-state index contributed by atoms with van der Waals surface area (Å²) in [6.45, 7) is 16.3. The zero-order valence-electron chi connectivity index (χ0n) is 34.9. The fourth-order valence-electron chi connectivity index (χ4n) is 7.15. The van der Waals surface area contributed by atoms with Crippen molar-refractivity contribution in [3.63, 3.8) is 0 Å². The Morgan fingerprint density at radius 1 is 0.267 bits per heavy atom. The quantitative estimate of drug-likeness (QED) is 0.128. The van der Waals surface area contributed by atoms with E-state index in [0.29, 0.717) is 46.1 Å². The number of phenolic OH excluding ortho intramolecular Hbond substituents is 4. The molecule has 0 aliphatic rings. The summed E-state index contributed by atoms with van der Waals surface area (Å²) < 4.78 is 0. The molecule has 0 radical (unpaired) electrons. The smallest absolute Gasteiger partial charge is 0.167 e. The minimum atomic E-state index is -0.0839. The van der Waals surface area contributed by atoms with Gasteiger partial charge in [-0.1, -0.05) is 95.1 Å². The summed E-state index contributed by atoms with van der Waals surface area (Å²) >= 11 is 0. The Morgan fingerprint density at radius 3 is 0.700 bits per heavy atom. The Hall–Kier alpha value is -7.46. The van der Waals surface area contributed by atoms with E-state index in [-0.39, 0.29) is 23.0 Å². The lowest BCUT2D eigenvalue weighted by atomic mass is 10.0. The van der Waals surface area contributed by atoms with E-state index >= 15 is 0 Å². The fourth-order valence-corrected chi connectivity index (χ4v) is 7.15. The van der Waals surface area contributed by atoms with Crippen LogP contribution in [0, 0.1) is 55.4 Å². The normalized spacial score (nSPS) is 10.9. The summed E-state index contributed by atoms with van der Waals surface area (Å²) in [5, 5.41) is 40.1. The number of aryl methyl sites for hydroxylation is 8. The van der Waals surface area contributed by atoms with Crippen molar-refractivity contribution in [3.8, 4) is 91.3 Å². The summed E-state index contributed by atoms with van der Waals surface area (Å²) in [7, 11) is 0. The maximum absolute atomic E-state index is 10.4. The highest BCUT2D eigenvalue weighted by atomic mass is 16.3. The predicted molar refractivity (Wildman–Crippen MR) is 237 cm³/mol. The summed E-state index contributed by atoms with van der Waals surface area (Å²) in [5.41, 5.74) is 13.4. The zero-order chi connectivity index (χ0) is 42.8. The van der Waals surface area contributed by atoms with Crippen molar-refractivity contribution in [1.29, 1.82) is 0 Å². The molecule has 300 valence electrons. The van der Waals surface area contributed by atoms with Gasteiger partial charge in [0.15, 0.2) is 34.9 Å². The Bertz CT molecular complexity index is 2390. The molecule has 0 fully saturated rings. The van der Waals surface area contributed by atoms with Crippen LogP contribution in [0.4, 0.5) is 0 Å². The molecule has 4 N–H and O–H groups in total. The average Bonchev–Trinajstić information content (AvgIpc) is 3.18. The van der Waals surface area contributed by atoms with Crippen molar-refractivity contribution in [3.05, 3.63) is 154 Å². The molecule has 0 unspecified atom stereocenters. The van der Waals surface area contributed by atoms with Gasteiger partial charge in [-0.05, 0) is 102 Å². The number of hydrogen-bond acceptors (Lipinski definition) is 10. The van der Waals surface area contributed by atoms with Crippen LogP contribution < -0.4 is 0 Å². The van der Waals surface area contributed by atoms with Crippen LogP contribution in [0.3, 0.4) is 0 Å². The van der Waals surface area contributed by atoms with Crippen LogP contribution >= 0.6 is 0 Å². The largest absolute Gasteiger partial charge is 0.508 e. The summed E-state index contributed by atoms with van der Waals surface area (Å²) in [6, 6.07) is 33.3. The van der Waals surface area contributed by atoms with Gasteiger partial charge in [0.25, 0.3) is 0 Å². The Morgan fingerprint density at radius 2 is 0.483 bits per heavy atom. The minimum absolute atomic E-state index is 0.0190. The number of hydrogen-bond donors (Lipinski definition) is 4. The second-order valence-electron chi connectivity index (χ2n) is 15.3. The van der Waals surface area contributed by atoms with E-state index in [1.807, 2.05) is 104 Å². The van der Waals surface area contributed by atoms with Gasteiger partial charge in [0.05, 0.1) is 11.1 Å². The van der Waals surface area contributed by atoms with Gasteiger partial charge in [-0.25, -0.2) is 29.9 Å². The van der Waals surface area contributed by atoms with Gasteiger partial charge < -0.3 is 20.4 Å². The first-order valence-electron chi connectivity index (χ1n) is 19.5. The molecule has 8 rings (SSSR count). The molecular weight excluding hydrogens is 749 g/mol. The van der Waals surface area contributed by atoms with E-state index in [4.69, 9.17) is 9.97 Å². The van der Waals surface area contributed by atoms with Crippen LogP contribution in [-0.4, -0.2) is 50.3 Å². The number of aromatic hydroxyl groups is 4. The predicted octanol–water partition coefficient (Wildman–Crippen LogP) is 11.0. The molecule has 0 aliphatic carbocycles. The molecule has 0 atom stereocenters. The lowest BCUT2D eigenvalue weighted by Crippen LogP contribution is -2.02. The highest BCUT2D eigenvalue weighted by Crippen LogP contribution is 2.35. The molecule has 0 spiro atoms. The lowest BCUT2D eigenvalue weighted by Gasteiger charge is -2.12. The zero-order valence-corrected chi connectivity index (χ0v) is 34.9. The van der Waals surface area contributed by atoms with Gasteiger partial charge >= 0.3 is 0 Å². The molecular formula is C50H46N6O4. The highest BCUT2D eigenvalue weighted by molar-refractivity contribution is 5.74. The first kappa shape index (κ1) is 40.7. The number of benzene rings is 6. The van der Waals surface area contributed by atoms with Gasteiger partial charge in [0.2, 0.25) is 0 Å². The molecule has 0 bridgehead atoms. The van der Waals surface area contributed by atoms with Gasteiger partial charge in [-0.15, -0.1) is 0 Å². The van der Waals surface area contributed by atoms with Gasteiger partial charge in [0.1, 0.15) is 23.0 Å². The maximum atomic E-state index is 10.4. The average molecular weight is 795 g/mol. The van der Waals surface area contributed by atoms with Gasteiger partial charge in [-0.3, -0.25) is 0 Å². The third kappa shape index (κ3) is 8.83. The van der Waals surface area contributed by atoms with Crippen LogP contribution in [0.2, 0.25) is 0 Å². The van der Waals surface area contributed by atoms with Crippen molar-refractivity contribution >= 4 is 0 Å². The fraction of sp³-hybridized carbons (Fsp3) is 0.160. The van der Waals surface area contributed by atoms with E-state index in [1.165, 1.54) is 24.3 Å². The van der Waals surface area contributed by atoms with Crippen molar-refractivity contribution in [2.45, 2.75) is 55.4 Å². The van der Waals surface area contributed by atoms with E-state index < -0.39 is 0 Å². The van der Waals surface area contributed by atoms with Crippen molar-refractivity contribution in [2.75, 3.05) is 0 Å². The molecule has 6 aromatic carbocycles. The molecule has 0 saturated heterocycles. The topological polar surface area (TPSA) is 158 Å². The van der Waals surface area contributed by atoms with Crippen LogP contribution in [0.5, 0.6) is 23.0 Å². The van der Waals surface area contributed by atoms with Crippen LogP contribution in [0.15, 0.2) is 109 Å². The van der Waals surface area contributed by atoms with Crippen LogP contribution in [0.1, 0.15) is 44.5 Å². The van der Waals surface area contributed by atoms with E-state index in [1.54, 1.807) is 12.1 Å². The number of aromatic nitrogens is 6. The van der Waals surface area contributed by atoms with E-state index in [0.717, 1.165) is 66.8 Å². The summed E-state index contributed by atoms with van der Waals surface area (Å²) in [4.78, 5) is 28.2. The minimum Gasteiger partial charge on any atom is -0.508 e. The van der Waals surface area contributed by atoms with E-state index in [9.17, 15) is 20.4 Å². The Kier molecular flexibility index (Phi) is 11.4. The van der Waals surface area contributed by atoms with Gasteiger partial charge in [0, 0.05) is 34.4 Å². The first-order valence-corrected chi connectivity index (χ1v) is 19.5. The molecule has 60 heavy (non-hydrogen) atoms. The second kappa shape index (κ2) is 16.8.